The Balaban J connectivity index is 1.34. The fourth-order valence-electron chi connectivity index (χ4n) is 3.70. The Hall–Kier alpha value is -4.34. The van der Waals surface area contributed by atoms with Crippen LogP contribution in [0.4, 0.5) is 16.2 Å². The summed E-state index contributed by atoms with van der Waals surface area (Å²) in [6.45, 7) is 2.12. The molecule has 1 fully saturated rings. The molecule has 1 saturated heterocycles. The fourth-order valence-corrected chi connectivity index (χ4v) is 3.70. The molecule has 0 aliphatic carbocycles. The molecule has 2 aromatic carbocycles. The van der Waals surface area contributed by atoms with Crippen LogP contribution in [-0.4, -0.2) is 37.7 Å². The van der Waals surface area contributed by atoms with Crippen LogP contribution < -0.4 is 20.6 Å². The molecule has 2 amide bonds. The molecule has 3 aromatic rings. The lowest BCUT2D eigenvalue weighted by atomic mass is 10.1. The maximum Gasteiger partial charge on any atom is 0.411 e. The lowest BCUT2D eigenvalue weighted by molar-refractivity contribution is -0.147. The molecule has 1 aliphatic heterocycles. The molecule has 0 spiro atoms. The number of nitrogens with zero attached hydrogens (tertiary/aromatic N) is 1. The normalized spacial score (nSPS) is 13.1. The molecule has 10 nitrogen and oxygen atoms in total. The van der Waals surface area contributed by atoms with Gasteiger partial charge in [0.25, 0.3) is 0 Å². The minimum Gasteiger partial charge on any atom is -0.482 e. The topological polar surface area (TPSA) is 124 Å². The van der Waals surface area contributed by atoms with E-state index in [1.165, 1.54) is 12.1 Å². The quantitative estimate of drug-likeness (QED) is 0.383. The Morgan fingerprint density at radius 1 is 1.06 bits per heavy atom. The van der Waals surface area contributed by atoms with Gasteiger partial charge in [-0.25, -0.2) is 14.4 Å². The minimum absolute atomic E-state index is 0.0937. The summed E-state index contributed by atoms with van der Waals surface area (Å²) >= 11 is 0. The van der Waals surface area contributed by atoms with Gasteiger partial charge in [-0.3, -0.25) is 10.1 Å². The van der Waals surface area contributed by atoms with Gasteiger partial charge in [-0.1, -0.05) is 0 Å². The third kappa shape index (κ3) is 5.97. The number of hydrogen-bond acceptors (Lipinski definition) is 8. The Bertz CT molecular complexity index is 1300. The number of ether oxygens (including phenoxy) is 3. The smallest absolute Gasteiger partial charge is 0.411 e. The van der Waals surface area contributed by atoms with Gasteiger partial charge < -0.3 is 23.5 Å². The molecule has 0 saturated carbocycles. The lowest BCUT2D eigenvalue weighted by Gasteiger charge is -2.16. The second-order valence-electron chi connectivity index (χ2n) is 7.74. The third-order valence-corrected chi connectivity index (χ3v) is 5.32. The van der Waals surface area contributed by atoms with Crippen LogP contribution in [0.15, 0.2) is 57.7 Å². The highest BCUT2D eigenvalue weighted by Crippen LogP contribution is 2.24. The van der Waals surface area contributed by atoms with Crippen molar-refractivity contribution in [3.8, 4) is 5.75 Å². The zero-order valence-electron chi connectivity index (χ0n) is 19.1. The predicted octanol–water partition coefficient (Wildman–Crippen LogP) is 3.61. The molecule has 1 aliphatic rings. The summed E-state index contributed by atoms with van der Waals surface area (Å²) in [5.74, 6) is -0.0632. The summed E-state index contributed by atoms with van der Waals surface area (Å²) in [6.07, 6.45) is 0.764. The average Bonchev–Trinajstić information content (AvgIpc) is 3.27. The summed E-state index contributed by atoms with van der Waals surface area (Å²) in [6, 6.07) is 12.9. The van der Waals surface area contributed by atoms with E-state index in [0.717, 1.165) is 12.1 Å². The highest BCUT2D eigenvalue weighted by atomic mass is 16.6. The van der Waals surface area contributed by atoms with Crippen LogP contribution in [0.1, 0.15) is 25.3 Å². The number of carbonyl (C=O) groups is 3. The fraction of sp³-hybridized carbons (Fsp3) is 0.280. The standard InChI is InChI=1S/C25H24N2O8/c1-2-32-25(31)26-17-5-10-20-16(12-23(29)35-21(20)13-17)14-34-24(30)15-33-19-8-6-18(7-9-19)27-11-3-4-22(27)28/h5-10,12-13H,2-4,11,14-15H2,1H3,(H,26,31). The summed E-state index contributed by atoms with van der Waals surface area (Å²) in [4.78, 5) is 49.3. The van der Waals surface area contributed by atoms with Crippen molar-refractivity contribution in [1.82, 2.24) is 0 Å². The Kier molecular flexibility index (Phi) is 7.30. The van der Waals surface area contributed by atoms with E-state index in [0.29, 0.717) is 35.4 Å². The molecule has 1 N–H and O–H groups in total. The van der Waals surface area contributed by atoms with Crippen molar-refractivity contribution >= 4 is 40.3 Å². The molecular formula is C25H24N2O8. The van der Waals surface area contributed by atoms with Crippen LogP contribution in [0, 0.1) is 0 Å². The molecule has 0 atom stereocenters. The number of hydrogen-bond donors (Lipinski definition) is 1. The van der Waals surface area contributed by atoms with Crippen LogP contribution in [0.3, 0.4) is 0 Å². The van der Waals surface area contributed by atoms with Crippen LogP contribution in [-0.2, 0) is 25.7 Å². The van der Waals surface area contributed by atoms with E-state index in [9.17, 15) is 19.2 Å². The molecule has 1 aromatic heterocycles. The number of nitrogens with one attached hydrogen (secondary N) is 1. The predicted molar refractivity (Wildman–Crippen MR) is 126 cm³/mol. The Morgan fingerprint density at radius 3 is 2.57 bits per heavy atom. The molecule has 10 heteroatoms. The zero-order chi connectivity index (χ0) is 24.8. The number of benzene rings is 2. The van der Waals surface area contributed by atoms with Gasteiger partial charge in [0, 0.05) is 47.4 Å². The van der Waals surface area contributed by atoms with E-state index in [4.69, 9.17) is 18.6 Å². The number of anilines is 2. The number of fused-ring (bicyclic) bond motifs is 1. The van der Waals surface area contributed by atoms with Gasteiger partial charge in [0.2, 0.25) is 5.91 Å². The summed E-state index contributed by atoms with van der Waals surface area (Å²) in [5, 5.41) is 3.09. The molecule has 0 radical (unpaired) electrons. The lowest BCUT2D eigenvalue weighted by Crippen LogP contribution is -2.23. The molecule has 35 heavy (non-hydrogen) atoms. The first-order valence-electron chi connectivity index (χ1n) is 11.1. The van der Waals surface area contributed by atoms with Crippen molar-refractivity contribution in [3.63, 3.8) is 0 Å². The van der Waals surface area contributed by atoms with Crippen LogP contribution in [0.5, 0.6) is 5.75 Å². The van der Waals surface area contributed by atoms with E-state index in [1.807, 2.05) is 0 Å². The first-order valence-corrected chi connectivity index (χ1v) is 11.1. The number of esters is 1. The van der Waals surface area contributed by atoms with E-state index >= 15 is 0 Å². The maximum atomic E-state index is 12.2. The number of rotatable bonds is 8. The zero-order valence-corrected chi connectivity index (χ0v) is 19.1. The first-order chi connectivity index (χ1) is 16.9. The van der Waals surface area contributed by atoms with Crippen molar-refractivity contribution in [1.29, 1.82) is 0 Å². The molecule has 0 unspecified atom stereocenters. The van der Waals surface area contributed by atoms with Crippen molar-refractivity contribution in [3.05, 3.63) is 64.5 Å². The Labute approximate surface area is 200 Å². The monoisotopic (exact) mass is 480 g/mol. The van der Waals surface area contributed by atoms with E-state index in [2.05, 4.69) is 5.32 Å². The van der Waals surface area contributed by atoms with Crippen molar-refractivity contribution in [2.24, 2.45) is 0 Å². The second-order valence-corrected chi connectivity index (χ2v) is 7.74. The summed E-state index contributed by atoms with van der Waals surface area (Å²) < 4.78 is 20.8. The molecule has 0 bridgehead atoms. The SMILES string of the molecule is CCOC(=O)Nc1ccc2c(COC(=O)COc3ccc(N4CCCC4=O)cc3)cc(=O)oc2c1. The third-order valence-electron chi connectivity index (χ3n) is 5.32. The van der Waals surface area contributed by atoms with Crippen molar-refractivity contribution in [2.45, 2.75) is 26.4 Å². The first kappa shape index (κ1) is 23.8. The molecular weight excluding hydrogens is 456 g/mol. The summed E-state index contributed by atoms with van der Waals surface area (Å²) in [7, 11) is 0. The van der Waals surface area contributed by atoms with Gasteiger partial charge in [-0.05, 0) is 49.7 Å². The van der Waals surface area contributed by atoms with Crippen LogP contribution in [0.25, 0.3) is 11.0 Å². The van der Waals surface area contributed by atoms with Gasteiger partial charge in [0.15, 0.2) is 6.61 Å². The Morgan fingerprint density at radius 2 is 1.86 bits per heavy atom. The van der Waals surface area contributed by atoms with Gasteiger partial charge in [-0.2, -0.15) is 0 Å². The average molecular weight is 480 g/mol. The van der Waals surface area contributed by atoms with E-state index < -0.39 is 17.7 Å². The molecule has 2 heterocycles. The minimum atomic E-state index is -0.626. The number of amides is 2. The van der Waals surface area contributed by atoms with Gasteiger partial charge in [0.1, 0.15) is 17.9 Å². The molecule has 4 rings (SSSR count). The summed E-state index contributed by atoms with van der Waals surface area (Å²) in [5.41, 5.74) is 1.24. The van der Waals surface area contributed by atoms with Crippen molar-refractivity contribution < 1.29 is 33.0 Å². The van der Waals surface area contributed by atoms with E-state index in [1.54, 1.807) is 48.2 Å². The van der Waals surface area contributed by atoms with Gasteiger partial charge in [-0.15, -0.1) is 0 Å². The maximum absolute atomic E-state index is 12.2. The second kappa shape index (κ2) is 10.7. The van der Waals surface area contributed by atoms with E-state index in [-0.39, 0.29) is 31.3 Å². The highest BCUT2D eigenvalue weighted by molar-refractivity contribution is 5.95. The number of carbonyl (C=O) groups excluding carboxylic acids is 3. The largest absolute Gasteiger partial charge is 0.482 e. The highest BCUT2D eigenvalue weighted by Gasteiger charge is 2.21. The van der Waals surface area contributed by atoms with Crippen molar-refractivity contribution in [2.75, 3.05) is 30.0 Å². The van der Waals surface area contributed by atoms with Gasteiger partial charge in [0.05, 0.1) is 6.61 Å². The van der Waals surface area contributed by atoms with Gasteiger partial charge >= 0.3 is 17.7 Å². The van der Waals surface area contributed by atoms with Crippen LogP contribution in [0.2, 0.25) is 0 Å². The molecule has 182 valence electrons. The van der Waals surface area contributed by atoms with Crippen LogP contribution >= 0.6 is 0 Å².